The van der Waals surface area contributed by atoms with Crippen LogP contribution < -0.4 is 10.6 Å². The van der Waals surface area contributed by atoms with E-state index in [4.69, 9.17) is 0 Å². The Hall–Kier alpha value is -2.86. The number of aromatic nitrogens is 1. The molecule has 3 aromatic rings. The second kappa shape index (κ2) is 13.7. The summed E-state index contributed by atoms with van der Waals surface area (Å²) < 4.78 is 0.204. The Morgan fingerprint density at radius 1 is 1.15 bits per heavy atom. The average Bonchev–Trinajstić information content (AvgIpc) is 3.58. The molecular formula is C29H34N4O4S3. The van der Waals surface area contributed by atoms with E-state index in [-0.39, 0.29) is 29.9 Å². The number of rotatable bonds is 11. The fourth-order valence-corrected chi connectivity index (χ4v) is 7.20. The van der Waals surface area contributed by atoms with Crippen molar-refractivity contribution in [2.45, 2.75) is 61.0 Å². The van der Waals surface area contributed by atoms with E-state index in [1.54, 1.807) is 6.20 Å². The van der Waals surface area contributed by atoms with E-state index in [0.29, 0.717) is 6.54 Å². The Bertz CT molecular complexity index is 1300. The fraction of sp³-hybridized carbons (Fsp3) is 0.379. The van der Waals surface area contributed by atoms with Crippen LogP contribution in [0.4, 0.5) is 0 Å². The van der Waals surface area contributed by atoms with Gasteiger partial charge in [-0.2, -0.15) is 0 Å². The molecule has 1 aliphatic heterocycles. The van der Waals surface area contributed by atoms with Gasteiger partial charge in [0.1, 0.15) is 10.4 Å². The lowest BCUT2D eigenvalue weighted by Gasteiger charge is -2.33. The molecule has 0 radical (unpaired) electrons. The number of nitrogens with one attached hydrogen (secondary N) is 2. The lowest BCUT2D eigenvalue weighted by atomic mass is 9.97. The van der Waals surface area contributed by atoms with Gasteiger partial charge in [0.25, 0.3) is 5.91 Å². The van der Waals surface area contributed by atoms with E-state index in [1.165, 1.54) is 39.8 Å². The lowest BCUT2D eigenvalue weighted by Crippen LogP contribution is -2.58. The Morgan fingerprint density at radius 2 is 1.88 bits per heavy atom. The van der Waals surface area contributed by atoms with E-state index in [2.05, 4.69) is 15.6 Å². The van der Waals surface area contributed by atoms with Gasteiger partial charge < -0.3 is 20.6 Å². The minimum absolute atomic E-state index is 0.107. The molecule has 3 amide bonds. The van der Waals surface area contributed by atoms with E-state index < -0.39 is 28.8 Å². The summed E-state index contributed by atoms with van der Waals surface area (Å²) in [5.74, 6) is -0.796. The maximum absolute atomic E-state index is 13.8. The summed E-state index contributed by atoms with van der Waals surface area (Å²) in [6.07, 6.45) is 0.403. The van der Waals surface area contributed by atoms with Crippen molar-refractivity contribution in [3.63, 3.8) is 0 Å². The van der Waals surface area contributed by atoms with Gasteiger partial charge in [-0.1, -0.05) is 66.4 Å². The molecule has 1 saturated heterocycles. The van der Waals surface area contributed by atoms with E-state index >= 15 is 0 Å². The number of nitrogens with zero attached hydrogens (tertiary/aromatic N) is 2. The van der Waals surface area contributed by atoms with Crippen molar-refractivity contribution in [1.82, 2.24) is 20.5 Å². The van der Waals surface area contributed by atoms with Crippen LogP contribution in [0.1, 0.15) is 30.5 Å². The second-order valence-electron chi connectivity index (χ2n) is 10.1. The van der Waals surface area contributed by atoms with Crippen LogP contribution in [0.5, 0.6) is 0 Å². The summed E-state index contributed by atoms with van der Waals surface area (Å²) in [4.78, 5) is 45.7. The molecule has 1 aromatic heterocycles. The smallest absolute Gasteiger partial charge is 0.254 e. The monoisotopic (exact) mass is 598 g/mol. The van der Waals surface area contributed by atoms with Gasteiger partial charge in [-0.15, -0.1) is 23.1 Å². The molecular weight excluding hydrogens is 565 g/mol. The van der Waals surface area contributed by atoms with Crippen LogP contribution in [0.2, 0.25) is 0 Å². The number of benzene rings is 2. The number of amides is 3. The third kappa shape index (κ3) is 7.66. The van der Waals surface area contributed by atoms with Gasteiger partial charge in [-0.05, 0) is 43.9 Å². The van der Waals surface area contributed by atoms with Gasteiger partial charge in [-0.25, -0.2) is 4.98 Å². The third-order valence-corrected chi connectivity index (χ3v) is 10.1. The Kier molecular flexibility index (Phi) is 10.3. The van der Waals surface area contributed by atoms with Crippen molar-refractivity contribution in [3.8, 4) is 0 Å². The number of thiazole rings is 1. The molecule has 0 spiro atoms. The molecule has 3 atom stereocenters. The highest BCUT2D eigenvalue weighted by molar-refractivity contribution is 8.01. The minimum Gasteiger partial charge on any atom is -0.381 e. The van der Waals surface area contributed by atoms with Gasteiger partial charge in [-0.3, -0.25) is 14.4 Å². The van der Waals surface area contributed by atoms with Crippen LogP contribution in [-0.4, -0.2) is 67.3 Å². The summed E-state index contributed by atoms with van der Waals surface area (Å²) in [5.41, 5.74) is 2.94. The first-order valence-corrected chi connectivity index (χ1v) is 15.8. The molecule has 2 heterocycles. The Balaban J connectivity index is 1.48. The molecule has 1 unspecified atom stereocenters. The molecule has 40 heavy (non-hydrogen) atoms. The second-order valence-corrected chi connectivity index (χ2v) is 13.8. The number of carbonyl (C=O) groups is 3. The number of hydrogen-bond donors (Lipinski definition) is 3. The molecule has 2 aromatic carbocycles. The maximum atomic E-state index is 13.8. The fourth-order valence-electron chi connectivity index (χ4n) is 4.61. The topological polar surface area (TPSA) is 112 Å². The quantitative estimate of drug-likeness (QED) is 0.289. The zero-order valence-corrected chi connectivity index (χ0v) is 25.2. The summed E-state index contributed by atoms with van der Waals surface area (Å²) in [5, 5.41) is 19.0. The van der Waals surface area contributed by atoms with Crippen molar-refractivity contribution in [2.24, 2.45) is 0 Å². The molecule has 3 N–H and O–H groups in total. The van der Waals surface area contributed by atoms with Crippen molar-refractivity contribution < 1.29 is 19.5 Å². The summed E-state index contributed by atoms with van der Waals surface area (Å²) in [6.45, 7) is 6.18. The van der Waals surface area contributed by atoms with E-state index in [9.17, 15) is 19.5 Å². The molecule has 0 saturated carbocycles. The van der Waals surface area contributed by atoms with E-state index in [0.717, 1.165) is 21.0 Å². The van der Waals surface area contributed by atoms with Gasteiger partial charge in [0.15, 0.2) is 6.10 Å². The predicted molar refractivity (Wildman–Crippen MR) is 161 cm³/mol. The molecule has 0 bridgehead atoms. The SMILES string of the molecule is Cc1ccccc1CNC(=O)C1N(C(=O)[C@@H](O)[C@H](Cc2ccccc2)NC(=O)CSc2nccs2)CSC1(C)C. The van der Waals surface area contributed by atoms with Gasteiger partial charge in [0, 0.05) is 22.9 Å². The predicted octanol–water partition coefficient (Wildman–Crippen LogP) is 3.63. The standard InChI is InChI=1S/C29H34N4O4S3/c1-19-9-7-8-12-21(19)16-31-26(36)25-29(2,3)40-18-33(25)27(37)24(35)22(15-20-10-5-4-6-11-20)32-23(34)17-39-28-30-13-14-38-28/h4-14,22,24-25,35H,15-18H2,1-3H3,(H,31,36)(H,32,34)/t22-,24-,25?/m0/s1. The highest BCUT2D eigenvalue weighted by atomic mass is 32.2. The van der Waals surface area contributed by atoms with Gasteiger partial charge in [0.2, 0.25) is 11.8 Å². The number of aryl methyl sites for hydroxylation is 1. The molecule has 4 rings (SSSR count). The number of carbonyl (C=O) groups excluding carboxylic acids is 3. The highest BCUT2D eigenvalue weighted by Crippen LogP contribution is 2.40. The first-order valence-electron chi connectivity index (χ1n) is 13.0. The van der Waals surface area contributed by atoms with E-state index in [1.807, 2.05) is 80.7 Å². The van der Waals surface area contributed by atoms with Crippen LogP contribution in [0.15, 0.2) is 70.5 Å². The Labute approximate surface area is 247 Å². The summed E-state index contributed by atoms with van der Waals surface area (Å²) in [6, 6.07) is 15.6. The van der Waals surface area contributed by atoms with Crippen molar-refractivity contribution in [1.29, 1.82) is 0 Å². The largest absolute Gasteiger partial charge is 0.381 e. The molecule has 1 aliphatic rings. The van der Waals surface area contributed by atoms with Crippen LogP contribution >= 0.6 is 34.9 Å². The number of aliphatic hydroxyl groups is 1. The zero-order chi connectivity index (χ0) is 28.7. The number of hydrogen-bond acceptors (Lipinski definition) is 8. The minimum atomic E-state index is -1.53. The van der Waals surface area contributed by atoms with Crippen LogP contribution in [0.3, 0.4) is 0 Å². The van der Waals surface area contributed by atoms with Crippen LogP contribution in [0.25, 0.3) is 0 Å². The third-order valence-electron chi connectivity index (χ3n) is 6.81. The zero-order valence-electron chi connectivity index (χ0n) is 22.7. The molecule has 8 nitrogen and oxygen atoms in total. The first kappa shape index (κ1) is 30.1. The first-order chi connectivity index (χ1) is 19.2. The van der Waals surface area contributed by atoms with Crippen LogP contribution in [-0.2, 0) is 27.3 Å². The number of aliphatic hydroxyl groups excluding tert-OH is 1. The van der Waals surface area contributed by atoms with Crippen molar-refractivity contribution in [2.75, 3.05) is 11.6 Å². The summed E-state index contributed by atoms with van der Waals surface area (Å²) in [7, 11) is 0. The average molecular weight is 599 g/mol. The van der Waals surface area contributed by atoms with Crippen molar-refractivity contribution in [3.05, 3.63) is 82.9 Å². The number of thioether (sulfide) groups is 2. The van der Waals surface area contributed by atoms with Gasteiger partial charge >= 0.3 is 0 Å². The molecule has 0 aliphatic carbocycles. The molecule has 11 heteroatoms. The van der Waals surface area contributed by atoms with Crippen molar-refractivity contribution >= 4 is 52.6 Å². The maximum Gasteiger partial charge on any atom is 0.254 e. The van der Waals surface area contributed by atoms with Crippen LogP contribution in [0, 0.1) is 6.92 Å². The molecule has 212 valence electrons. The Morgan fingerprint density at radius 3 is 2.58 bits per heavy atom. The van der Waals surface area contributed by atoms with Gasteiger partial charge in [0.05, 0.1) is 17.7 Å². The lowest BCUT2D eigenvalue weighted by molar-refractivity contribution is -0.147. The molecule has 1 fully saturated rings. The highest BCUT2D eigenvalue weighted by Gasteiger charge is 2.49. The summed E-state index contributed by atoms with van der Waals surface area (Å²) >= 11 is 4.23. The normalized spacial score (nSPS) is 17.7.